The molecular weight excluding hydrogens is 1080 g/mol. The van der Waals surface area contributed by atoms with Crippen molar-refractivity contribution in [3.63, 3.8) is 0 Å². The lowest BCUT2D eigenvalue weighted by Crippen LogP contribution is -2.42. The minimum absolute atomic E-state index is 0.339. The maximum absolute atomic E-state index is 2.53. The summed E-state index contributed by atoms with van der Waals surface area (Å²) in [6, 6.07) is 105. The Hall–Kier alpha value is -10.2. The zero-order valence-electron chi connectivity index (χ0n) is 53.1. The molecule has 0 N–H and O–H groups in total. The third-order valence-electron chi connectivity index (χ3n) is 18.1. The molecule has 0 amide bonds. The normalized spacial score (nSPS) is 12.8. The van der Waals surface area contributed by atoms with Gasteiger partial charge in [0.05, 0.1) is 0 Å². The Kier molecular flexibility index (Phi) is 15.5. The highest BCUT2D eigenvalue weighted by Gasteiger charge is 2.48. The van der Waals surface area contributed by atoms with Gasteiger partial charge in [0.2, 0.25) is 0 Å². The van der Waals surface area contributed by atoms with Crippen LogP contribution in [-0.4, -0.2) is 0 Å². The molecule has 89 heavy (non-hydrogen) atoms. The number of aryl methyl sites for hydroxylation is 8. The minimum Gasteiger partial charge on any atom is -0.310 e. The van der Waals surface area contributed by atoms with Gasteiger partial charge in [0.25, 0.3) is 0 Å². The number of anilines is 12. The van der Waals surface area contributed by atoms with Crippen LogP contribution in [0.2, 0.25) is 0 Å². The summed E-state index contributed by atoms with van der Waals surface area (Å²) in [4.78, 5) is 9.91. The average Bonchev–Trinajstić information content (AvgIpc) is 0.791. The van der Waals surface area contributed by atoms with E-state index in [1.807, 2.05) is 0 Å². The van der Waals surface area contributed by atoms with Gasteiger partial charge in [0.1, 0.15) is 0 Å². The van der Waals surface area contributed by atoms with Crippen molar-refractivity contribution in [2.45, 2.75) is 86.5 Å². The van der Waals surface area contributed by atoms with Crippen molar-refractivity contribution >= 4 is 68.2 Å². The maximum atomic E-state index is 2.53. The monoisotopic (exact) mass is 1150 g/mol. The van der Waals surface area contributed by atoms with Gasteiger partial charge in [-0.15, -0.1) is 0 Å². The van der Waals surface area contributed by atoms with Crippen LogP contribution < -0.4 is 19.6 Å². The highest BCUT2D eigenvalue weighted by atomic mass is 15.2. The Balaban J connectivity index is 1.18. The molecule has 4 nitrogen and oxygen atoms in total. The Bertz CT molecular complexity index is 4150. The molecule has 0 fully saturated rings. The van der Waals surface area contributed by atoms with Gasteiger partial charge in [-0.2, -0.15) is 0 Å². The molecule has 1 aliphatic carbocycles. The molecule has 0 radical (unpaired) electrons. The molecule has 0 unspecified atom stereocenters. The predicted molar refractivity (Wildman–Crippen MR) is 378 cm³/mol. The number of fused-ring (bicyclic) bond motifs is 2. The van der Waals surface area contributed by atoms with Crippen LogP contribution in [0, 0.1) is 55.4 Å². The van der Waals surface area contributed by atoms with E-state index in [1.54, 1.807) is 0 Å². The van der Waals surface area contributed by atoms with Gasteiger partial charge in [0.15, 0.2) is 0 Å². The van der Waals surface area contributed by atoms with E-state index in [2.05, 4.69) is 368 Å². The number of hydrogen-bond acceptors (Lipinski definition) is 4. The SMILES string of the molecule is Cc1cccc(N(c2cccc(C)c2)c2cc(CC3(c4cc(N(c5cccc(C)c5)c5cccc(C)c5)cc(N(c5cccc(C)c5)c5cccc(C)c5)c4)c4ccccc4C(C)(C)c4ccccc43)cc(N(c3cccc(C)c3)c3cccc(C)c3)c2)c1. The second-order valence-corrected chi connectivity index (χ2v) is 25.4. The maximum Gasteiger partial charge on any atom is 0.0499 e. The highest BCUT2D eigenvalue weighted by Crippen LogP contribution is 2.57. The molecule has 0 saturated carbocycles. The molecular formula is C85H78N4. The molecule has 0 saturated heterocycles. The second kappa shape index (κ2) is 23.8. The van der Waals surface area contributed by atoms with Gasteiger partial charge in [-0.3, -0.25) is 0 Å². The molecule has 13 rings (SSSR count). The Morgan fingerprint density at radius 2 is 0.449 bits per heavy atom. The van der Waals surface area contributed by atoms with E-state index in [1.165, 1.54) is 77.9 Å². The Morgan fingerprint density at radius 3 is 0.685 bits per heavy atom. The molecule has 438 valence electrons. The first kappa shape index (κ1) is 57.9. The summed E-state index contributed by atoms with van der Waals surface area (Å²) >= 11 is 0. The van der Waals surface area contributed by atoms with E-state index in [0.29, 0.717) is 6.42 Å². The summed E-state index contributed by atoms with van der Waals surface area (Å²) in [6.45, 7) is 22.4. The van der Waals surface area contributed by atoms with Gasteiger partial charge in [0, 0.05) is 79.1 Å². The first-order chi connectivity index (χ1) is 43.1. The van der Waals surface area contributed by atoms with Crippen LogP contribution in [0.1, 0.15) is 91.7 Å². The fraction of sp³-hybridized carbons (Fsp3) is 0.153. The molecule has 0 aliphatic heterocycles. The smallest absolute Gasteiger partial charge is 0.0499 e. The number of nitrogens with zero attached hydrogens (tertiary/aromatic N) is 4. The summed E-state index contributed by atoms with van der Waals surface area (Å²) in [5, 5.41) is 0. The molecule has 12 aromatic carbocycles. The number of benzene rings is 12. The van der Waals surface area contributed by atoms with E-state index in [9.17, 15) is 0 Å². The minimum atomic E-state index is -0.798. The van der Waals surface area contributed by atoms with Gasteiger partial charge in [-0.1, -0.05) is 159 Å². The molecule has 0 heterocycles. The fourth-order valence-electron chi connectivity index (χ4n) is 14.0. The lowest BCUT2D eigenvalue weighted by atomic mass is 9.55. The standard InChI is InChI=1S/C85H78N4/c1-58-23-15-31-68(43-58)86(69-32-16-24-59(2)44-69)76-51-66(52-77(55-76)87(70-33-17-25-60(3)45-70)71-34-18-26-61(4)46-71)57-85(82-41-13-11-39-80(82)84(9,10)81-40-12-14-42-83(81)85)67-53-78(88(72-35-19-27-62(5)47-72)73-36-20-28-63(6)48-73)56-79(54-67)89(74-37-21-29-64(7)49-74)75-38-22-30-65(8)50-75/h11-56H,57H2,1-10H3. The first-order valence-corrected chi connectivity index (χ1v) is 31.3. The Morgan fingerprint density at radius 1 is 0.225 bits per heavy atom. The fourth-order valence-corrected chi connectivity index (χ4v) is 14.0. The molecule has 12 aromatic rings. The van der Waals surface area contributed by atoms with Gasteiger partial charge in [-0.05, 0) is 273 Å². The van der Waals surface area contributed by atoms with E-state index < -0.39 is 5.41 Å². The predicted octanol–water partition coefficient (Wildman–Crippen LogP) is 23.2. The van der Waals surface area contributed by atoms with E-state index in [4.69, 9.17) is 0 Å². The van der Waals surface area contributed by atoms with Crippen LogP contribution in [0.4, 0.5) is 68.2 Å². The van der Waals surface area contributed by atoms with Crippen molar-refractivity contribution in [2.75, 3.05) is 19.6 Å². The Labute approximate surface area is 528 Å². The van der Waals surface area contributed by atoms with E-state index in [0.717, 1.165) is 68.2 Å². The van der Waals surface area contributed by atoms with Crippen LogP contribution in [0.25, 0.3) is 0 Å². The van der Waals surface area contributed by atoms with E-state index in [-0.39, 0.29) is 5.41 Å². The van der Waals surface area contributed by atoms with Gasteiger partial charge in [-0.25, -0.2) is 0 Å². The summed E-state index contributed by atoms with van der Waals surface area (Å²) < 4.78 is 0. The van der Waals surface area contributed by atoms with Crippen LogP contribution in [0.3, 0.4) is 0 Å². The van der Waals surface area contributed by atoms with Crippen molar-refractivity contribution in [3.05, 3.63) is 357 Å². The topological polar surface area (TPSA) is 13.0 Å². The lowest BCUT2D eigenvalue weighted by molar-refractivity contribution is 0.512. The first-order valence-electron chi connectivity index (χ1n) is 31.3. The second-order valence-electron chi connectivity index (χ2n) is 25.4. The van der Waals surface area contributed by atoms with E-state index >= 15 is 0 Å². The molecule has 0 aromatic heterocycles. The molecule has 0 atom stereocenters. The lowest BCUT2D eigenvalue weighted by Gasteiger charge is -2.48. The van der Waals surface area contributed by atoms with Crippen molar-refractivity contribution in [3.8, 4) is 0 Å². The third kappa shape index (κ3) is 11.3. The highest BCUT2D eigenvalue weighted by molar-refractivity contribution is 5.88. The largest absolute Gasteiger partial charge is 0.310 e. The van der Waals surface area contributed by atoms with Crippen molar-refractivity contribution < 1.29 is 0 Å². The summed E-state index contributed by atoms with van der Waals surface area (Å²) in [5.74, 6) is 0. The van der Waals surface area contributed by atoms with Crippen molar-refractivity contribution in [2.24, 2.45) is 0 Å². The zero-order chi connectivity index (χ0) is 61.6. The van der Waals surface area contributed by atoms with Crippen molar-refractivity contribution in [1.82, 2.24) is 0 Å². The quantitative estimate of drug-likeness (QED) is 0.101. The average molecular weight is 1160 g/mol. The van der Waals surface area contributed by atoms with Gasteiger partial charge >= 0.3 is 0 Å². The molecule has 4 heteroatoms. The number of rotatable bonds is 15. The summed E-state index contributed by atoms with van der Waals surface area (Å²) in [5.41, 5.74) is 29.0. The molecule has 0 bridgehead atoms. The van der Waals surface area contributed by atoms with Crippen LogP contribution >= 0.6 is 0 Å². The van der Waals surface area contributed by atoms with Crippen molar-refractivity contribution in [1.29, 1.82) is 0 Å². The van der Waals surface area contributed by atoms with Crippen LogP contribution in [0.5, 0.6) is 0 Å². The summed E-state index contributed by atoms with van der Waals surface area (Å²) in [7, 11) is 0. The van der Waals surface area contributed by atoms with Crippen LogP contribution in [0.15, 0.2) is 279 Å². The molecule has 1 aliphatic rings. The van der Waals surface area contributed by atoms with Crippen LogP contribution in [-0.2, 0) is 17.3 Å². The van der Waals surface area contributed by atoms with Gasteiger partial charge < -0.3 is 19.6 Å². The molecule has 0 spiro atoms. The third-order valence-corrected chi connectivity index (χ3v) is 18.1. The zero-order valence-corrected chi connectivity index (χ0v) is 53.1. The number of hydrogen-bond donors (Lipinski definition) is 0. The summed E-state index contributed by atoms with van der Waals surface area (Å²) in [6.07, 6.45) is 0.607.